The monoisotopic (exact) mass is 252 g/mol. The Labute approximate surface area is 113 Å². The third-order valence-corrected chi connectivity index (χ3v) is 6.06. The molecule has 2 heteroatoms. The van der Waals surface area contributed by atoms with Crippen LogP contribution in [0.1, 0.15) is 66.2 Å². The summed E-state index contributed by atoms with van der Waals surface area (Å²) in [5.41, 5.74) is 7.58. The normalized spacial score (nSPS) is 35.2. The molecule has 1 heterocycles. The van der Waals surface area contributed by atoms with Crippen LogP contribution in [-0.4, -0.2) is 30.1 Å². The molecule has 0 bridgehead atoms. The smallest absolute Gasteiger partial charge is 0.0337 e. The second-order valence-electron chi connectivity index (χ2n) is 7.65. The van der Waals surface area contributed by atoms with Crippen molar-refractivity contribution < 1.29 is 0 Å². The van der Waals surface area contributed by atoms with Gasteiger partial charge in [0.25, 0.3) is 0 Å². The minimum atomic E-state index is 0.315. The fraction of sp³-hybridized carbons (Fsp3) is 1.00. The molecule has 2 N–H and O–H groups in total. The van der Waals surface area contributed by atoms with E-state index >= 15 is 0 Å². The molecule has 0 aromatic rings. The Bertz CT molecular complexity index is 293. The van der Waals surface area contributed by atoms with E-state index < -0.39 is 0 Å². The maximum atomic E-state index is 6.20. The molecule has 2 aliphatic rings. The van der Waals surface area contributed by atoms with Gasteiger partial charge >= 0.3 is 0 Å². The molecule has 1 unspecified atom stereocenters. The highest BCUT2D eigenvalue weighted by molar-refractivity contribution is 5.05. The predicted octanol–water partition coefficient (Wildman–Crippen LogP) is 3.41. The van der Waals surface area contributed by atoms with Gasteiger partial charge in [-0.05, 0) is 55.9 Å². The zero-order valence-corrected chi connectivity index (χ0v) is 12.9. The Kier molecular flexibility index (Phi) is 3.81. The van der Waals surface area contributed by atoms with Crippen molar-refractivity contribution in [1.29, 1.82) is 0 Å². The molecule has 0 radical (unpaired) electrons. The van der Waals surface area contributed by atoms with Crippen molar-refractivity contribution in [2.75, 3.05) is 19.6 Å². The van der Waals surface area contributed by atoms with E-state index in [1.54, 1.807) is 0 Å². The average molecular weight is 252 g/mol. The second kappa shape index (κ2) is 4.79. The quantitative estimate of drug-likeness (QED) is 0.831. The first-order valence-electron chi connectivity index (χ1n) is 7.86. The lowest BCUT2D eigenvalue weighted by molar-refractivity contribution is 0.0976. The van der Waals surface area contributed by atoms with E-state index in [-0.39, 0.29) is 0 Å². The molecule has 1 saturated heterocycles. The van der Waals surface area contributed by atoms with E-state index in [1.165, 1.54) is 51.6 Å². The molecular weight excluding hydrogens is 220 g/mol. The van der Waals surface area contributed by atoms with Crippen molar-refractivity contribution in [3.63, 3.8) is 0 Å². The van der Waals surface area contributed by atoms with Crippen molar-refractivity contribution in [3.05, 3.63) is 0 Å². The molecule has 0 amide bonds. The summed E-state index contributed by atoms with van der Waals surface area (Å²) in [5.74, 6) is 0. The molecule has 0 aromatic carbocycles. The standard InChI is InChI=1S/C16H32N2/c1-5-15(6-2)9-10-18(13-15)16(12-17)8-7-14(3,4)11-16/h5-13,17H2,1-4H3. The van der Waals surface area contributed by atoms with Crippen molar-refractivity contribution in [1.82, 2.24) is 4.90 Å². The molecule has 1 atom stereocenters. The highest BCUT2D eigenvalue weighted by Gasteiger charge is 2.50. The van der Waals surface area contributed by atoms with Crippen molar-refractivity contribution in [2.45, 2.75) is 71.8 Å². The third-order valence-electron chi connectivity index (χ3n) is 6.06. The van der Waals surface area contributed by atoms with E-state index in [1.807, 2.05) is 0 Å². The minimum Gasteiger partial charge on any atom is -0.329 e. The molecule has 106 valence electrons. The van der Waals surface area contributed by atoms with E-state index in [0.29, 0.717) is 16.4 Å². The molecule has 18 heavy (non-hydrogen) atoms. The van der Waals surface area contributed by atoms with Crippen LogP contribution in [0.2, 0.25) is 0 Å². The summed E-state index contributed by atoms with van der Waals surface area (Å²) >= 11 is 0. The van der Waals surface area contributed by atoms with Gasteiger partial charge in [-0.15, -0.1) is 0 Å². The summed E-state index contributed by atoms with van der Waals surface area (Å²) < 4.78 is 0. The Balaban J connectivity index is 2.12. The van der Waals surface area contributed by atoms with Crippen molar-refractivity contribution in [2.24, 2.45) is 16.6 Å². The Morgan fingerprint density at radius 2 is 1.72 bits per heavy atom. The molecule has 1 aliphatic heterocycles. The molecule has 2 rings (SSSR count). The van der Waals surface area contributed by atoms with Gasteiger partial charge < -0.3 is 5.73 Å². The SMILES string of the molecule is CCC1(CC)CCN(C2(CN)CCC(C)(C)C2)C1. The zero-order valence-electron chi connectivity index (χ0n) is 12.9. The lowest BCUT2D eigenvalue weighted by Crippen LogP contribution is -2.52. The number of hydrogen-bond acceptors (Lipinski definition) is 2. The summed E-state index contributed by atoms with van der Waals surface area (Å²) in [6.07, 6.45) is 7.96. The van der Waals surface area contributed by atoms with Crippen LogP contribution in [0.15, 0.2) is 0 Å². The number of nitrogens with zero attached hydrogens (tertiary/aromatic N) is 1. The third kappa shape index (κ3) is 2.34. The number of nitrogens with two attached hydrogens (primary N) is 1. The van der Waals surface area contributed by atoms with Gasteiger partial charge in [0.2, 0.25) is 0 Å². The largest absolute Gasteiger partial charge is 0.329 e. The first-order chi connectivity index (χ1) is 8.41. The lowest BCUT2D eigenvalue weighted by atomic mass is 9.81. The Morgan fingerprint density at radius 3 is 2.11 bits per heavy atom. The first kappa shape index (κ1) is 14.3. The topological polar surface area (TPSA) is 29.3 Å². The van der Waals surface area contributed by atoms with Gasteiger partial charge in [0.15, 0.2) is 0 Å². The highest BCUT2D eigenvalue weighted by Crippen LogP contribution is 2.50. The van der Waals surface area contributed by atoms with Gasteiger partial charge in [-0.1, -0.05) is 27.7 Å². The van der Waals surface area contributed by atoms with E-state index in [0.717, 1.165) is 6.54 Å². The van der Waals surface area contributed by atoms with E-state index in [4.69, 9.17) is 5.73 Å². The van der Waals surface area contributed by atoms with Gasteiger partial charge in [0.05, 0.1) is 0 Å². The molecular formula is C16H32N2. The highest BCUT2D eigenvalue weighted by atomic mass is 15.2. The van der Waals surface area contributed by atoms with Gasteiger partial charge in [0, 0.05) is 18.6 Å². The van der Waals surface area contributed by atoms with Gasteiger partial charge in [-0.3, -0.25) is 4.90 Å². The predicted molar refractivity (Wildman–Crippen MR) is 78.6 cm³/mol. The molecule has 1 saturated carbocycles. The van der Waals surface area contributed by atoms with Gasteiger partial charge in [0.1, 0.15) is 0 Å². The van der Waals surface area contributed by atoms with Crippen LogP contribution in [0.25, 0.3) is 0 Å². The molecule has 0 aromatic heterocycles. The summed E-state index contributed by atoms with van der Waals surface area (Å²) in [6.45, 7) is 12.9. The average Bonchev–Trinajstić information content (AvgIpc) is 2.92. The minimum absolute atomic E-state index is 0.315. The summed E-state index contributed by atoms with van der Waals surface area (Å²) in [6, 6.07) is 0. The van der Waals surface area contributed by atoms with Crippen LogP contribution in [0.5, 0.6) is 0 Å². The maximum Gasteiger partial charge on any atom is 0.0337 e. The van der Waals surface area contributed by atoms with Gasteiger partial charge in [-0.2, -0.15) is 0 Å². The maximum absolute atomic E-state index is 6.20. The number of hydrogen-bond donors (Lipinski definition) is 1. The van der Waals surface area contributed by atoms with Crippen LogP contribution < -0.4 is 5.73 Å². The summed E-state index contributed by atoms with van der Waals surface area (Å²) in [5, 5.41) is 0. The molecule has 0 spiro atoms. The Morgan fingerprint density at radius 1 is 1.06 bits per heavy atom. The second-order valence-corrected chi connectivity index (χ2v) is 7.65. The molecule has 1 aliphatic carbocycles. The van der Waals surface area contributed by atoms with E-state index in [2.05, 4.69) is 32.6 Å². The Hall–Kier alpha value is -0.0800. The lowest BCUT2D eigenvalue weighted by Gasteiger charge is -2.40. The van der Waals surface area contributed by atoms with Crippen LogP contribution in [0.4, 0.5) is 0 Å². The summed E-state index contributed by atoms with van der Waals surface area (Å²) in [7, 11) is 0. The summed E-state index contributed by atoms with van der Waals surface area (Å²) in [4.78, 5) is 2.76. The first-order valence-corrected chi connectivity index (χ1v) is 7.86. The number of rotatable bonds is 4. The van der Waals surface area contributed by atoms with Crippen molar-refractivity contribution >= 4 is 0 Å². The molecule has 2 fully saturated rings. The zero-order chi connectivity index (χ0) is 13.4. The van der Waals surface area contributed by atoms with Crippen LogP contribution in [0, 0.1) is 10.8 Å². The van der Waals surface area contributed by atoms with Crippen molar-refractivity contribution in [3.8, 4) is 0 Å². The molecule has 2 nitrogen and oxygen atoms in total. The fourth-order valence-corrected chi connectivity index (χ4v) is 4.38. The van der Waals surface area contributed by atoms with E-state index in [9.17, 15) is 0 Å². The van der Waals surface area contributed by atoms with Crippen LogP contribution >= 0.6 is 0 Å². The van der Waals surface area contributed by atoms with Crippen LogP contribution in [0.3, 0.4) is 0 Å². The van der Waals surface area contributed by atoms with Gasteiger partial charge in [-0.25, -0.2) is 0 Å². The number of likely N-dealkylation sites (tertiary alicyclic amines) is 1. The van der Waals surface area contributed by atoms with Crippen LogP contribution in [-0.2, 0) is 0 Å². The fourth-order valence-electron chi connectivity index (χ4n) is 4.38.